The molecule has 0 bridgehead atoms. The van der Waals surface area contributed by atoms with E-state index in [0.717, 1.165) is 57.9 Å². The minimum atomic E-state index is -0.0939. The van der Waals surface area contributed by atoms with Crippen molar-refractivity contribution >= 4 is 11.7 Å². The third-order valence-electron chi connectivity index (χ3n) is 10.7. The molecule has 0 aromatic rings. The van der Waals surface area contributed by atoms with E-state index in [4.69, 9.17) is 0 Å². The normalized spacial score (nSPS) is 30.1. The second kappa shape index (κ2) is 13.5. The van der Waals surface area contributed by atoms with Crippen LogP contribution < -0.4 is 0 Å². The smallest absolute Gasteiger partial charge is 0.222 e. The fourth-order valence-electron chi connectivity index (χ4n) is 8.37. The summed E-state index contributed by atoms with van der Waals surface area (Å²) in [7, 11) is 1.94. The van der Waals surface area contributed by atoms with E-state index in [0.29, 0.717) is 54.0 Å². The van der Waals surface area contributed by atoms with Gasteiger partial charge in [0.15, 0.2) is 0 Å². The molecule has 0 heterocycles. The highest BCUT2D eigenvalue weighted by molar-refractivity contribution is 5.87. The predicted molar refractivity (Wildman–Crippen MR) is 155 cm³/mol. The number of aliphatic hydroxyl groups is 1. The number of hydrogen-bond acceptors (Lipinski definition) is 3. The molecule has 3 unspecified atom stereocenters. The molecular weight excluding hydrogens is 470 g/mol. The summed E-state index contributed by atoms with van der Waals surface area (Å²) in [5, 5.41) is 10.2. The Kier molecular flexibility index (Phi) is 10.4. The Bertz CT molecular complexity index is 941. The van der Waals surface area contributed by atoms with Gasteiger partial charge in [0.05, 0.1) is 0 Å². The van der Waals surface area contributed by atoms with E-state index in [1.54, 1.807) is 0 Å². The van der Waals surface area contributed by atoms with Gasteiger partial charge in [-0.2, -0.15) is 0 Å². The van der Waals surface area contributed by atoms with Crippen molar-refractivity contribution in [3.63, 3.8) is 0 Å². The van der Waals surface area contributed by atoms with Crippen molar-refractivity contribution in [1.82, 2.24) is 4.90 Å². The van der Waals surface area contributed by atoms with Crippen molar-refractivity contribution in [2.75, 3.05) is 13.6 Å². The average molecular weight is 524 g/mol. The van der Waals surface area contributed by atoms with Crippen molar-refractivity contribution in [2.45, 2.75) is 129 Å². The van der Waals surface area contributed by atoms with E-state index in [2.05, 4.69) is 25.7 Å². The number of carbonyl (C=O) groups excluding carboxylic acids is 2. The van der Waals surface area contributed by atoms with Gasteiger partial charge in [-0.25, -0.2) is 0 Å². The summed E-state index contributed by atoms with van der Waals surface area (Å²) in [4.78, 5) is 26.9. The Morgan fingerprint density at radius 3 is 2.53 bits per heavy atom. The maximum Gasteiger partial charge on any atom is 0.222 e. The van der Waals surface area contributed by atoms with Crippen molar-refractivity contribution in [3.05, 3.63) is 28.7 Å². The Labute approximate surface area is 232 Å². The van der Waals surface area contributed by atoms with E-state index in [-0.39, 0.29) is 5.41 Å². The first-order valence-corrected chi connectivity index (χ1v) is 16.0. The maximum atomic E-state index is 12.9. The van der Waals surface area contributed by atoms with Gasteiger partial charge in [0, 0.05) is 38.3 Å². The zero-order valence-corrected chi connectivity index (χ0v) is 24.5. The Balaban J connectivity index is 1.18. The third-order valence-corrected chi connectivity index (χ3v) is 10.7. The minimum Gasteiger partial charge on any atom is -0.504 e. The number of fused-ring (bicyclic) bond motifs is 4. The standard InChI is InChI=1S/C34H53NO3/c1-4-5-22-35(3)32(38)15-13-11-9-7-6-8-10-12-14-25-23-26-24-27(36)16-17-28(26)29-20-21-34(2)30(33(25)29)18-19-31(34)37/h17,25,29-30,33,36H,4-15,18-24H2,1-3H3/t25-,29?,30?,33?,34+/m1/s1. The van der Waals surface area contributed by atoms with Crippen LogP contribution in [0.15, 0.2) is 28.7 Å². The number of hydrogen-bond donors (Lipinski definition) is 1. The van der Waals surface area contributed by atoms with E-state index >= 15 is 0 Å². The van der Waals surface area contributed by atoms with Gasteiger partial charge >= 0.3 is 0 Å². The zero-order valence-electron chi connectivity index (χ0n) is 24.5. The number of aliphatic hydroxyl groups excluding tert-OH is 1. The molecule has 38 heavy (non-hydrogen) atoms. The van der Waals surface area contributed by atoms with E-state index < -0.39 is 0 Å². The number of Topliss-reactive ketones (excluding diaryl/α,β-unsaturated/α-hetero) is 1. The van der Waals surface area contributed by atoms with Gasteiger partial charge < -0.3 is 10.0 Å². The molecule has 4 nitrogen and oxygen atoms in total. The summed E-state index contributed by atoms with van der Waals surface area (Å²) in [6.45, 7) is 5.33. The van der Waals surface area contributed by atoms with Crippen LogP contribution in [-0.2, 0) is 9.59 Å². The van der Waals surface area contributed by atoms with Gasteiger partial charge in [0.2, 0.25) is 5.91 Å². The Morgan fingerprint density at radius 2 is 1.79 bits per heavy atom. The molecule has 0 aromatic carbocycles. The van der Waals surface area contributed by atoms with Crippen LogP contribution in [0.1, 0.15) is 129 Å². The van der Waals surface area contributed by atoms with Gasteiger partial charge in [-0.15, -0.1) is 0 Å². The number of amides is 1. The summed E-state index contributed by atoms with van der Waals surface area (Å²) >= 11 is 0. The third kappa shape index (κ3) is 6.67. The fourth-order valence-corrected chi connectivity index (χ4v) is 8.37. The molecule has 2 saturated carbocycles. The lowest BCUT2D eigenvalue weighted by atomic mass is 9.51. The number of nitrogens with zero attached hydrogens (tertiary/aromatic N) is 1. The lowest BCUT2D eigenvalue weighted by Gasteiger charge is -2.52. The molecule has 1 N–H and O–H groups in total. The predicted octanol–water partition coefficient (Wildman–Crippen LogP) is 8.47. The van der Waals surface area contributed by atoms with Gasteiger partial charge in [-0.05, 0) is 80.3 Å². The van der Waals surface area contributed by atoms with E-state index in [9.17, 15) is 14.7 Å². The second-order valence-corrected chi connectivity index (χ2v) is 13.2. The molecule has 212 valence electrons. The maximum absolute atomic E-state index is 12.9. The summed E-state index contributed by atoms with van der Waals surface area (Å²) in [6, 6.07) is 0. The number of rotatable bonds is 14. The number of carbonyl (C=O) groups is 2. The average Bonchev–Trinajstić information content (AvgIpc) is 3.21. The highest BCUT2D eigenvalue weighted by Crippen LogP contribution is 2.61. The number of unbranched alkanes of at least 4 members (excludes halogenated alkanes) is 8. The summed E-state index contributed by atoms with van der Waals surface area (Å²) in [5.74, 6) is 3.60. The molecule has 0 aromatic heterocycles. The second-order valence-electron chi connectivity index (χ2n) is 13.2. The van der Waals surface area contributed by atoms with E-state index in [1.165, 1.54) is 62.5 Å². The highest BCUT2D eigenvalue weighted by atomic mass is 16.3. The summed E-state index contributed by atoms with van der Waals surface area (Å²) in [5.41, 5.74) is 5.93. The first-order chi connectivity index (χ1) is 18.3. The van der Waals surface area contributed by atoms with Crippen LogP contribution >= 0.6 is 0 Å². The first kappa shape index (κ1) is 29.2. The van der Waals surface area contributed by atoms with Crippen LogP contribution in [0.4, 0.5) is 0 Å². The Hall–Kier alpha value is -1.80. The van der Waals surface area contributed by atoms with Crippen molar-refractivity contribution in [2.24, 2.45) is 29.1 Å². The molecule has 0 radical (unpaired) electrons. The van der Waals surface area contributed by atoms with Crippen molar-refractivity contribution in [3.8, 4) is 0 Å². The Morgan fingerprint density at radius 1 is 1.08 bits per heavy atom. The van der Waals surface area contributed by atoms with Crippen molar-refractivity contribution in [1.29, 1.82) is 0 Å². The van der Waals surface area contributed by atoms with Crippen LogP contribution in [0.25, 0.3) is 0 Å². The molecule has 4 aliphatic rings. The van der Waals surface area contributed by atoms with Gasteiger partial charge in [-0.3, -0.25) is 9.59 Å². The summed E-state index contributed by atoms with van der Waals surface area (Å²) in [6.07, 6.45) is 22.0. The zero-order chi connectivity index (χ0) is 27.1. The topological polar surface area (TPSA) is 57.6 Å². The lowest BCUT2D eigenvalue weighted by molar-refractivity contribution is -0.131. The fraction of sp³-hybridized carbons (Fsp3) is 0.794. The van der Waals surface area contributed by atoms with Crippen LogP contribution in [-0.4, -0.2) is 35.3 Å². The highest BCUT2D eigenvalue weighted by Gasteiger charge is 2.56. The first-order valence-electron chi connectivity index (χ1n) is 16.0. The lowest BCUT2D eigenvalue weighted by Crippen LogP contribution is -2.47. The molecule has 1 amide bonds. The molecular formula is C34H53NO3. The van der Waals surface area contributed by atoms with Gasteiger partial charge in [-0.1, -0.05) is 76.5 Å². The largest absolute Gasteiger partial charge is 0.504 e. The monoisotopic (exact) mass is 523 g/mol. The molecule has 4 aliphatic carbocycles. The summed E-state index contributed by atoms with van der Waals surface area (Å²) < 4.78 is 0. The van der Waals surface area contributed by atoms with Crippen molar-refractivity contribution < 1.29 is 14.7 Å². The van der Waals surface area contributed by atoms with Gasteiger partial charge in [0.25, 0.3) is 0 Å². The number of allylic oxidation sites excluding steroid dienone is 2. The SMILES string of the molecule is CCCCN(C)C(=O)CCCCCCCCCC[C@@H]1CC2=C(C=C=C(O)C2)C2CC[C@]3(C)C(=O)CCC3C21. The molecule has 0 spiro atoms. The van der Waals surface area contributed by atoms with Crippen LogP contribution in [0.5, 0.6) is 0 Å². The minimum absolute atomic E-state index is 0.0939. The number of ketones is 1. The molecule has 0 saturated heterocycles. The quantitative estimate of drug-likeness (QED) is 0.183. The molecule has 4 heteroatoms. The van der Waals surface area contributed by atoms with E-state index in [1.807, 2.05) is 11.9 Å². The molecule has 2 fully saturated rings. The van der Waals surface area contributed by atoms with Crippen LogP contribution in [0, 0.1) is 29.1 Å². The molecule has 0 aliphatic heterocycles. The van der Waals surface area contributed by atoms with Crippen LogP contribution in [0.2, 0.25) is 0 Å². The van der Waals surface area contributed by atoms with Crippen LogP contribution in [0.3, 0.4) is 0 Å². The molecule has 4 rings (SSSR count). The molecule has 5 atom stereocenters. The van der Waals surface area contributed by atoms with Gasteiger partial charge in [0.1, 0.15) is 11.5 Å².